The van der Waals surface area contributed by atoms with E-state index in [0.717, 1.165) is 0 Å². The first kappa shape index (κ1) is 10.9. The Kier molecular flexibility index (Phi) is 2.22. The second-order valence-corrected chi connectivity index (χ2v) is 3.79. The third kappa shape index (κ3) is 1.70. The summed E-state index contributed by atoms with van der Waals surface area (Å²) in [6.07, 6.45) is -8.17. The SMILES string of the molecule is CC1(F)C(F)OP(=O)(F)OC1(F)F. The third-order valence-corrected chi connectivity index (χ3v) is 2.32. The molecule has 0 N–H and O–H groups in total. The van der Waals surface area contributed by atoms with Crippen molar-refractivity contribution in [2.75, 3.05) is 0 Å². The van der Waals surface area contributed by atoms with Crippen LogP contribution in [-0.2, 0) is 13.6 Å². The fourth-order valence-corrected chi connectivity index (χ4v) is 1.50. The Balaban J connectivity index is 3.03. The van der Waals surface area contributed by atoms with E-state index in [1.165, 1.54) is 0 Å². The van der Waals surface area contributed by atoms with Crippen LogP contribution < -0.4 is 0 Å². The molecule has 0 saturated carbocycles. The van der Waals surface area contributed by atoms with E-state index >= 15 is 0 Å². The lowest BCUT2D eigenvalue weighted by molar-refractivity contribution is -0.325. The lowest BCUT2D eigenvalue weighted by atomic mass is 10.1. The minimum Gasteiger partial charge on any atom is -0.244 e. The van der Waals surface area contributed by atoms with Crippen LogP contribution in [0.5, 0.6) is 0 Å². The van der Waals surface area contributed by atoms with Gasteiger partial charge in [-0.15, -0.1) is 4.20 Å². The Morgan fingerprint density at radius 2 is 1.85 bits per heavy atom. The molecule has 0 amide bonds. The van der Waals surface area contributed by atoms with E-state index in [4.69, 9.17) is 0 Å². The third-order valence-electron chi connectivity index (χ3n) is 1.44. The van der Waals surface area contributed by atoms with Gasteiger partial charge in [0.2, 0.25) is 0 Å². The molecule has 1 rings (SSSR count). The molecule has 3 unspecified atom stereocenters. The normalized spacial score (nSPS) is 50.5. The number of hydrogen-bond donors (Lipinski definition) is 0. The maximum Gasteiger partial charge on any atom is 0.520 e. The molecular weight excluding hydrogens is 222 g/mol. The Hall–Kier alpha value is -0.200. The van der Waals surface area contributed by atoms with Crippen molar-refractivity contribution in [3.8, 4) is 0 Å². The molecule has 1 fully saturated rings. The van der Waals surface area contributed by atoms with Crippen LogP contribution in [0.2, 0.25) is 0 Å². The van der Waals surface area contributed by atoms with Gasteiger partial charge in [0.05, 0.1) is 0 Å². The molecule has 0 aromatic rings. The minimum atomic E-state index is -5.71. The molecule has 0 aliphatic carbocycles. The smallest absolute Gasteiger partial charge is 0.244 e. The van der Waals surface area contributed by atoms with E-state index in [-0.39, 0.29) is 6.92 Å². The fourth-order valence-electron chi connectivity index (χ4n) is 0.589. The molecule has 1 heterocycles. The summed E-state index contributed by atoms with van der Waals surface area (Å²) in [4.78, 5) is 0. The summed E-state index contributed by atoms with van der Waals surface area (Å²) >= 11 is 0. The van der Waals surface area contributed by atoms with Gasteiger partial charge in [0, 0.05) is 0 Å². The quantitative estimate of drug-likeness (QED) is 0.470. The van der Waals surface area contributed by atoms with Crippen molar-refractivity contribution in [1.82, 2.24) is 0 Å². The van der Waals surface area contributed by atoms with Gasteiger partial charge in [-0.3, -0.25) is 0 Å². The molecule has 0 radical (unpaired) electrons. The molecule has 78 valence electrons. The van der Waals surface area contributed by atoms with E-state index in [0.29, 0.717) is 0 Å². The summed E-state index contributed by atoms with van der Waals surface area (Å²) < 4.78 is 78.3. The number of rotatable bonds is 0. The molecule has 1 aliphatic rings. The molecule has 3 nitrogen and oxygen atoms in total. The van der Waals surface area contributed by atoms with Crippen LogP contribution in [0.3, 0.4) is 0 Å². The zero-order valence-corrected chi connectivity index (χ0v) is 7.03. The summed E-state index contributed by atoms with van der Waals surface area (Å²) in [5, 5.41) is 0. The van der Waals surface area contributed by atoms with Crippen LogP contribution >= 0.6 is 7.91 Å². The summed E-state index contributed by atoms with van der Waals surface area (Å²) in [7, 11) is -5.71. The van der Waals surface area contributed by atoms with E-state index in [1.54, 1.807) is 0 Å². The van der Waals surface area contributed by atoms with Gasteiger partial charge in [-0.25, -0.2) is 22.4 Å². The van der Waals surface area contributed by atoms with Gasteiger partial charge >= 0.3 is 14.0 Å². The average molecular weight is 226 g/mol. The van der Waals surface area contributed by atoms with Crippen molar-refractivity contribution < 1.29 is 35.4 Å². The van der Waals surface area contributed by atoms with Gasteiger partial charge in [0.1, 0.15) is 0 Å². The molecule has 1 aliphatic heterocycles. The summed E-state index contributed by atoms with van der Waals surface area (Å²) in [5.74, 6) is 0. The second kappa shape index (κ2) is 2.65. The number of alkyl halides is 4. The molecule has 0 bridgehead atoms. The van der Waals surface area contributed by atoms with E-state index in [2.05, 4.69) is 9.05 Å². The van der Waals surface area contributed by atoms with Gasteiger partial charge in [-0.2, -0.15) is 8.78 Å². The van der Waals surface area contributed by atoms with Crippen molar-refractivity contribution >= 4 is 7.91 Å². The first-order chi connectivity index (χ1) is 5.58. The van der Waals surface area contributed by atoms with Crippen molar-refractivity contribution in [2.24, 2.45) is 0 Å². The Labute approximate surface area is 69.5 Å². The predicted molar refractivity (Wildman–Crippen MR) is 30.2 cm³/mol. The summed E-state index contributed by atoms with van der Waals surface area (Å²) in [6.45, 7) is 0.108. The van der Waals surface area contributed by atoms with Crippen molar-refractivity contribution in [3.63, 3.8) is 0 Å². The second-order valence-electron chi connectivity index (χ2n) is 2.54. The zero-order chi connectivity index (χ0) is 10.5. The highest BCUT2D eigenvalue weighted by Crippen LogP contribution is 2.63. The molecule has 0 aromatic carbocycles. The largest absolute Gasteiger partial charge is 0.520 e. The van der Waals surface area contributed by atoms with Gasteiger partial charge in [0.25, 0.3) is 12.0 Å². The van der Waals surface area contributed by atoms with Gasteiger partial charge in [0.15, 0.2) is 0 Å². The van der Waals surface area contributed by atoms with Gasteiger partial charge < -0.3 is 0 Å². The van der Waals surface area contributed by atoms with Gasteiger partial charge in [-0.05, 0) is 6.92 Å². The molecule has 13 heavy (non-hydrogen) atoms. The van der Waals surface area contributed by atoms with E-state index < -0.39 is 26.0 Å². The molecule has 0 spiro atoms. The van der Waals surface area contributed by atoms with Crippen molar-refractivity contribution in [1.29, 1.82) is 0 Å². The van der Waals surface area contributed by atoms with Crippen molar-refractivity contribution in [3.05, 3.63) is 0 Å². The first-order valence-electron chi connectivity index (χ1n) is 2.98. The highest BCUT2D eigenvalue weighted by Gasteiger charge is 2.68. The average Bonchev–Trinajstić information content (AvgIpc) is 1.80. The molecule has 9 heteroatoms. The van der Waals surface area contributed by atoms with Gasteiger partial charge in [-0.1, -0.05) is 0 Å². The van der Waals surface area contributed by atoms with Crippen LogP contribution in [0.15, 0.2) is 0 Å². The van der Waals surface area contributed by atoms with Crippen LogP contribution in [0, 0.1) is 0 Å². The predicted octanol–water partition coefficient (Wildman–Crippen LogP) is 2.73. The lowest BCUT2D eigenvalue weighted by Gasteiger charge is -2.36. The molecule has 0 aromatic heterocycles. The maximum atomic E-state index is 12.7. The van der Waals surface area contributed by atoms with Crippen LogP contribution in [-0.4, -0.2) is 18.1 Å². The Morgan fingerprint density at radius 3 is 2.23 bits per heavy atom. The highest BCUT2D eigenvalue weighted by molar-refractivity contribution is 7.48. The standard InChI is InChI=1S/C4H4F5O3P/c1-3(6)2(5)11-13(9,10)12-4(3,7)8/h2H,1H3. The minimum absolute atomic E-state index is 0.108. The Morgan fingerprint density at radius 1 is 1.38 bits per heavy atom. The Bertz CT molecular complexity index is 267. The summed E-state index contributed by atoms with van der Waals surface area (Å²) in [5.41, 5.74) is -3.87. The molecule has 3 atom stereocenters. The van der Waals surface area contributed by atoms with Crippen LogP contribution in [0.1, 0.15) is 6.92 Å². The lowest BCUT2D eigenvalue weighted by Crippen LogP contribution is -2.53. The van der Waals surface area contributed by atoms with E-state index in [9.17, 15) is 26.3 Å². The van der Waals surface area contributed by atoms with Crippen LogP contribution in [0.25, 0.3) is 0 Å². The topological polar surface area (TPSA) is 35.5 Å². The zero-order valence-electron chi connectivity index (χ0n) is 6.14. The van der Waals surface area contributed by atoms with Crippen LogP contribution in [0.4, 0.5) is 21.8 Å². The number of halogens is 5. The molecule has 1 saturated heterocycles. The monoisotopic (exact) mass is 226 g/mol. The number of hydrogen-bond acceptors (Lipinski definition) is 3. The fraction of sp³-hybridized carbons (Fsp3) is 1.00. The maximum absolute atomic E-state index is 12.7. The molecular formula is C4H4F5O3P. The van der Waals surface area contributed by atoms with E-state index in [1.807, 2.05) is 0 Å². The van der Waals surface area contributed by atoms with Crippen molar-refractivity contribution in [2.45, 2.75) is 25.1 Å². The summed E-state index contributed by atoms with van der Waals surface area (Å²) in [6, 6.07) is 0. The first-order valence-corrected chi connectivity index (χ1v) is 4.41. The highest BCUT2D eigenvalue weighted by atomic mass is 31.2.